The number of rotatable bonds is 7. The standard InChI is InChI=1S/C23H31N5O2/c1-18-8-9-21(24-14-18)25-22(29)16-26(3)17-23(30)28-12-10-27(11-13-28)15-20-7-5-4-6-19(20)2/h4-9,14H,10-13,15-17H2,1-3H3,(H,24,25,29). The van der Waals surface area contributed by atoms with Gasteiger partial charge in [0.2, 0.25) is 11.8 Å². The van der Waals surface area contributed by atoms with Crippen molar-refractivity contribution in [3.63, 3.8) is 0 Å². The van der Waals surface area contributed by atoms with Gasteiger partial charge in [-0.2, -0.15) is 0 Å². The molecule has 0 saturated carbocycles. The van der Waals surface area contributed by atoms with Crippen LogP contribution in [0.4, 0.5) is 5.82 Å². The number of benzene rings is 1. The van der Waals surface area contributed by atoms with Gasteiger partial charge in [0.1, 0.15) is 5.82 Å². The molecule has 0 unspecified atom stereocenters. The summed E-state index contributed by atoms with van der Waals surface area (Å²) in [6, 6.07) is 12.1. The summed E-state index contributed by atoms with van der Waals surface area (Å²) in [6.45, 7) is 8.54. The summed E-state index contributed by atoms with van der Waals surface area (Å²) in [5, 5.41) is 2.76. The van der Waals surface area contributed by atoms with Crippen LogP contribution in [0, 0.1) is 13.8 Å². The van der Waals surface area contributed by atoms with Gasteiger partial charge in [0.05, 0.1) is 13.1 Å². The molecule has 2 amide bonds. The maximum absolute atomic E-state index is 12.6. The highest BCUT2D eigenvalue weighted by Crippen LogP contribution is 2.12. The fourth-order valence-corrected chi connectivity index (χ4v) is 3.54. The molecule has 1 aliphatic rings. The molecule has 1 aromatic carbocycles. The second kappa shape index (κ2) is 10.3. The first-order valence-electron chi connectivity index (χ1n) is 10.4. The number of anilines is 1. The van der Waals surface area contributed by atoms with Gasteiger partial charge in [-0.25, -0.2) is 4.98 Å². The molecule has 0 radical (unpaired) electrons. The van der Waals surface area contributed by atoms with E-state index in [-0.39, 0.29) is 24.9 Å². The summed E-state index contributed by atoms with van der Waals surface area (Å²) in [4.78, 5) is 35.0. The molecule has 1 N–H and O–H groups in total. The predicted octanol–water partition coefficient (Wildman–Crippen LogP) is 1.91. The molecule has 0 atom stereocenters. The van der Waals surface area contributed by atoms with Gasteiger partial charge in [-0.3, -0.25) is 19.4 Å². The number of hydrogen-bond donors (Lipinski definition) is 1. The molecule has 0 bridgehead atoms. The number of hydrogen-bond acceptors (Lipinski definition) is 5. The number of piperazine rings is 1. The quantitative estimate of drug-likeness (QED) is 0.757. The van der Waals surface area contributed by atoms with E-state index in [1.807, 2.05) is 17.9 Å². The highest BCUT2D eigenvalue weighted by atomic mass is 16.2. The molecule has 160 valence electrons. The normalized spacial score (nSPS) is 14.7. The lowest BCUT2D eigenvalue weighted by Crippen LogP contribution is -2.51. The summed E-state index contributed by atoms with van der Waals surface area (Å²) in [5.74, 6) is 0.411. The molecular weight excluding hydrogens is 378 g/mol. The van der Waals surface area contributed by atoms with E-state index in [9.17, 15) is 9.59 Å². The van der Waals surface area contributed by atoms with Crippen molar-refractivity contribution in [1.82, 2.24) is 19.7 Å². The molecule has 0 aliphatic carbocycles. The molecule has 1 fully saturated rings. The van der Waals surface area contributed by atoms with Crippen molar-refractivity contribution in [2.75, 3.05) is 51.6 Å². The van der Waals surface area contributed by atoms with Gasteiger partial charge < -0.3 is 10.2 Å². The molecule has 7 heteroatoms. The Balaban J connectivity index is 1.40. The Bertz CT molecular complexity index is 860. The van der Waals surface area contributed by atoms with E-state index in [0.717, 1.165) is 38.3 Å². The van der Waals surface area contributed by atoms with Crippen molar-refractivity contribution < 1.29 is 9.59 Å². The minimum Gasteiger partial charge on any atom is -0.339 e. The van der Waals surface area contributed by atoms with Crippen molar-refractivity contribution in [1.29, 1.82) is 0 Å². The number of carbonyl (C=O) groups excluding carboxylic acids is 2. The van der Waals surface area contributed by atoms with Crippen molar-refractivity contribution in [2.24, 2.45) is 0 Å². The smallest absolute Gasteiger partial charge is 0.239 e. The SMILES string of the molecule is Cc1ccc(NC(=O)CN(C)CC(=O)N2CCN(Cc3ccccc3C)CC2)nc1. The van der Waals surface area contributed by atoms with Gasteiger partial charge in [-0.1, -0.05) is 30.3 Å². The van der Waals surface area contributed by atoms with Crippen LogP contribution in [0.5, 0.6) is 0 Å². The first-order valence-corrected chi connectivity index (χ1v) is 10.4. The predicted molar refractivity (Wildman–Crippen MR) is 118 cm³/mol. The van der Waals surface area contributed by atoms with E-state index < -0.39 is 0 Å². The molecule has 1 aliphatic heterocycles. The third kappa shape index (κ3) is 6.37. The van der Waals surface area contributed by atoms with Gasteiger partial charge in [-0.15, -0.1) is 0 Å². The topological polar surface area (TPSA) is 68.8 Å². The lowest BCUT2D eigenvalue weighted by Gasteiger charge is -2.35. The molecule has 0 spiro atoms. The van der Waals surface area contributed by atoms with Gasteiger partial charge in [0.25, 0.3) is 0 Å². The minimum absolute atomic E-state index is 0.0642. The summed E-state index contributed by atoms with van der Waals surface area (Å²) < 4.78 is 0. The summed E-state index contributed by atoms with van der Waals surface area (Å²) in [7, 11) is 1.79. The second-order valence-corrected chi connectivity index (χ2v) is 8.02. The zero-order valence-corrected chi connectivity index (χ0v) is 18.1. The zero-order chi connectivity index (χ0) is 21.5. The molecule has 2 aromatic rings. The van der Waals surface area contributed by atoms with Crippen LogP contribution in [0.2, 0.25) is 0 Å². The minimum atomic E-state index is -0.176. The van der Waals surface area contributed by atoms with Crippen LogP contribution < -0.4 is 5.32 Å². The zero-order valence-electron chi connectivity index (χ0n) is 18.1. The second-order valence-electron chi connectivity index (χ2n) is 8.02. The first-order chi connectivity index (χ1) is 14.4. The Morgan fingerprint density at radius 2 is 1.77 bits per heavy atom. The lowest BCUT2D eigenvalue weighted by molar-refractivity contribution is -0.134. The van der Waals surface area contributed by atoms with Gasteiger partial charge in [-0.05, 0) is 43.7 Å². The molecule has 7 nitrogen and oxygen atoms in total. The van der Waals surface area contributed by atoms with E-state index >= 15 is 0 Å². The number of aromatic nitrogens is 1. The Kier molecular flexibility index (Phi) is 7.54. The first kappa shape index (κ1) is 21.9. The number of aryl methyl sites for hydroxylation is 2. The monoisotopic (exact) mass is 409 g/mol. The van der Waals surface area contributed by atoms with Crippen LogP contribution in [-0.4, -0.2) is 77.8 Å². The van der Waals surface area contributed by atoms with Gasteiger partial charge in [0.15, 0.2) is 0 Å². The maximum atomic E-state index is 12.6. The van der Waals surface area contributed by atoms with E-state index in [1.165, 1.54) is 11.1 Å². The molecule has 3 rings (SSSR count). The van der Waals surface area contributed by atoms with Crippen LogP contribution in [0.1, 0.15) is 16.7 Å². The van der Waals surface area contributed by atoms with Crippen LogP contribution >= 0.6 is 0 Å². The summed E-state index contributed by atoms with van der Waals surface area (Å²) >= 11 is 0. The van der Waals surface area contributed by atoms with Crippen molar-refractivity contribution in [2.45, 2.75) is 20.4 Å². The van der Waals surface area contributed by atoms with Crippen molar-refractivity contribution >= 4 is 17.6 Å². The average Bonchev–Trinajstić information content (AvgIpc) is 2.72. The molecule has 2 heterocycles. The molecule has 1 saturated heterocycles. The van der Waals surface area contributed by atoms with Crippen molar-refractivity contribution in [3.05, 3.63) is 59.3 Å². The number of amides is 2. The van der Waals surface area contributed by atoms with E-state index in [1.54, 1.807) is 24.2 Å². The van der Waals surface area contributed by atoms with Crippen LogP contribution in [0.15, 0.2) is 42.6 Å². The van der Waals surface area contributed by atoms with Crippen LogP contribution in [0.25, 0.3) is 0 Å². The Labute approximate surface area is 178 Å². The van der Waals surface area contributed by atoms with E-state index in [4.69, 9.17) is 0 Å². The van der Waals surface area contributed by atoms with E-state index in [2.05, 4.69) is 46.4 Å². The number of pyridine rings is 1. The highest BCUT2D eigenvalue weighted by molar-refractivity contribution is 5.91. The number of nitrogens with zero attached hydrogens (tertiary/aromatic N) is 4. The molecule has 30 heavy (non-hydrogen) atoms. The maximum Gasteiger partial charge on any atom is 0.239 e. The van der Waals surface area contributed by atoms with E-state index in [0.29, 0.717) is 5.82 Å². The average molecular weight is 410 g/mol. The number of likely N-dealkylation sites (N-methyl/N-ethyl adjacent to an activating group) is 1. The highest BCUT2D eigenvalue weighted by Gasteiger charge is 2.22. The molecule has 1 aromatic heterocycles. The lowest BCUT2D eigenvalue weighted by atomic mass is 10.1. The van der Waals surface area contributed by atoms with Crippen LogP contribution in [-0.2, 0) is 16.1 Å². The van der Waals surface area contributed by atoms with Gasteiger partial charge in [0, 0.05) is 38.9 Å². The number of nitrogens with one attached hydrogen (secondary N) is 1. The van der Waals surface area contributed by atoms with Crippen molar-refractivity contribution in [3.8, 4) is 0 Å². The Hall–Kier alpha value is -2.77. The van der Waals surface area contributed by atoms with Crippen LogP contribution in [0.3, 0.4) is 0 Å². The summed E-state index contributed by atoms with van der Waals surface area (Å²) in [6.07, 6.45) is 1.71. The third-order valence-electron chi connectivity index (χ3n) is 5.38. The Morgan fingerprint density at radius 1 is 1.03 bits per heavy atom. The fourth-order valence-electron chi connectivity index (χ4n) is 3.54. The fraction of sp³-hybridized carbons (Fsp3) is 0.435. The summed E-state index contributed by atoms with van der Waals surface area (Å²) in [5.41, 5.74) is 3.68. The van der Waals surface area contributed by atoms with Gasteiger partial charge >= 0.3 is 0 Å². The number of carbonyl (C=O) groups is 2. The Morgan fingerprint density at radius 3 is 2.43 bits per heavy atom. The largest absolute Gasteiger partial charge is 0.339 e. The third-order valence-corrected chi connectivity index (χ3v) is 5.38. The molecular formula is C23H31N5O2.